The van der Waals surface area contributed by atoms with Gasteiger partial charge in [0.05, 0.1) is 0 Å². The molecule has 0 radical (unpaired) electrons. The summed E-state index contributed by atoms with van der Waals surface area (Å²) in [6.45, 7) is -0.409. The van der Waals surface area contributed by atoms with Crippen molar-refractivity contribution in [2.24, 2.45) is 5.73 Å². The second-order valence-corrected chi connectivity index (χ2v) is 2.48. The van der Waals surface area contributed by atoms with Crippen LogP contribution in [0.4, 0.5) is 22.0 Å². The van der Waals surface area contributed by atoms with Crippen LogP contribution in [0.15, 0.2) is 6.07 Å². The Hall–Kier alpha value is -1.44. The van der Waals surface area contributed by atoms with Crippen LogP contribution in [0.25, 0.3) is 0 Å². The largest absolute Gasteiger partial charge is 0.573 e. The lowest BCUT2D eigenvalue weighted by Crippen LogP contribution is -2.19. The van der Waals surface area contributed by atoms with Crippen molar-refractivity contribution in [1.82, 2.24) is 4.98 Å². The predicted molar refractivity (Wildman–Crippen MR) is 38.7 cm³/mol. The third kappa shape index (κ3) is 3.01. The van der Waals surface area contributed by atoms with Crippen molar-refractivity contribution < 1.29 is 26.7 Å². The van der Waals surface area contributed by atoms with Gasteiger partial charge in [0.1, 0.15) is 0 Å². The monoisotopic (exact) mass is 228 g/mol. The van der Waals surface area contributed by atoms with Crippen molar-refractivity contribution in [3.8, 4) is 5.75 Å². The van der Waals surface area contributed by atoms with E-state index in [-0.39, 0.29) is 5.56 Å². The minimum absolute atomic E-state index is 0.365. The number of alkyl halides is 3. The van der Waals surface area contributed by atoms with E-state index in [1.807, 2.05) is 0 Å². The topological polar surface area (TPSA) is 48.1 Å². The summed E-state index contributed by atoms with van der Waals surface area (Å²) < 4.78 is 63.8. The molecular weight excluding hydrogens is 223 g/mol. The van der Waals surface area contributed by atoms with Gasteiger partial charge >= 0.3 is 6.36 Å². The van der Waals surface area contributed by atoms with Crippen LogP contribution in [-0.4, -0.2) is 11.3 Å². The Morgan fingerprint density at radius 1 is 1.27 bits per heavy atom. The average molecular weight is 228 g/mol. The molecule has 1 aromatic rings. The van der Waals surface area contributed by atoms with E-state index in [1.165, 1.54) is 0 Å². The maximum atomic E-state index is 12.7. The van der Waals surface area contributed by atoms with Gasteiger partial charge < -0.3 is 10.5 Å². The van der Waals surface area contributed by atoms with Crippen LogP contribution in [0.5, 0.6) is 5.75 Å². The molecule has 0 unspecified atom stereocenters. The van der Waals surface area contributed by atoms with Crippen molar-refractivity contribution >= 4 is 0 Å². The van der Waals surface area contributed by atoms with E-state index in [9.17, 15) is 22.0 Å². The average Bonchev–Trinajstić information content (AvgIpc) is 2.07. The van der Waals surface area contributed by atoms with Crippen LogP contribution in [0, 0.1) is 11.9 Å². The lowest BCUT2D eigenvalue weighted by molar-refractivity contribution is -0.275. The van der Waals surface area contributed by atoms with Crippen LogP contribution in [0.1, 0.15) is 5.56 Å². The van der Waals surface area contributed by atoms with Crippen LogP contribution in [0.2, 0.25) is 0 Å². The normalized spacial score (nSPS) is 11.6. The summed E-state index contributed by atoms with van der Waals surface area (Å²) in [5, 5.41) is 0. The minimum Gasteiger partial charge on any atom is -0.401 e. The van der Waals surface area contributed by atoms with Gasteiger partial charge in [0.15, 0.2) is 5.75 Å². The van der Waals surface area contributed by atoms with Crippen molar-refractivity contribution in [3.05, 3.63) is 23.5 Å². The molecule has 0 aliphatic heterocycles. The van der Waals surface area contributed by atoms with Gasteiger partial charge in [0, 0.05) is 12.1 Å². The van der Waals surface area contributed by atoms with Gasteiger partial charge in [-0.1, -0.05) is 0 Å². The maximum Gasteiger partial charge on any atom is 0.573 e. The molecule has 0 spiro atoms. The summed E-state index contributed by atoms with van der Waals surface area (Å²) >= 11 is 0. The zero-order valence-electron chi connectivity index (χ0n) is 7.11. The second kappa shape index (κ2) is 3.97. The third-order valence-corrected chi connectivity index (χ3v) is 1.42. The smallest absolute Gasteiger partial charge is 0.401 e. The fourth-order valence-corrected chi connectivity index (χ4v) is 0.830. The first-order valence-electron chi connectivity index (χ1n) is 3.64. The molecule has 1 heterocycles. The lowest BCUT2D eigenvalue weighted by atomic mass is 10.2. The highest BCUT2D eigenvalue weighted by Gasteiger charge is 2.33. The van der Waals surface area contributed by atoms with Crippen LogP contribution >= 0.6 is 0 Å². The first kappa shape index (κ1) is 11.6. The van der Waals surface area contributed by atoms with E-state index < -0.39 is 30.6 Å². The molecule has 0 saturated heterocycles. The van der Waals surface area contributed by atoms with Gasteiger partial charge in [-0.3, -0.25) is 0 Å². The quantitative estimate of drug-likeness (QED) is 0.619. The highest BCUT2D eigenvalue weighted by molar-refractivity contribution is 5.26. The predicted octanol–water partition coefficient (Wildman–Crippen LogP) is 1.72. The van der Waals surface area contributed by atoms with E-state index in [0.717, 1.165) is 0 Å². The molecule has 0 aliphatic carbocycles. The fourth-order valence-electron chi connectivity index (χ4n) is 0.830. The number of nitrogens with two attached hydrogens (primary N) is 1. The maximum absolute atomic E-state index is 12.7. The number of ether oxygens (including phenoxy) is 1. The molecule has 2 N–H and O–H groups in total. The van der Waals surface area contributed by atoms with Gasteiger partial charge in [-0.15, -0.1) is 13.2 Å². The zero-order valence-corrected chi connectivity index (χ0v) is 7.11. The summed E-state index contributed by atoms with van der Waals surface area (Å²) in [7, 11) is 0. The molecule has 1 aromatic heterocycles. The Labute approximate surface area is 80.7 Å². The highest BCUT2D eigenvalue weighted by atomic mass is 19.4. The number of pyridine rings is 1. The highest BCUT2D eigenvalue weighted by Crippen LogP contribution is 2.25. The first-order chi connectivity index (χ1) is 6.83. The Bertz CT molecular complexity index is 365. The lowest BCUT2D eigenvalue weighted by Gasteiger charge is -2.10. The summed E-state index contributed by atoms with van der Waals surface area (Å²) in [4.78, 5) is 2.59. The molecule has 15 heavy (non-hydrogen) atoms. The molecule has 0 bridgehead atoms. The molecule has 0 aromatic carbocycles. The number of halogens is 5. The Morgan fingerprint density at radius 2 is 1.87 bits per heavy atom. The fraction of sp³-hybridized carbons (Fsp3) is 0.286. The molecular formula is C7H5F5N2O. The second-order valence-electron chi connectivity index (χ2n) is 2.48. The van der Waals surface area contributed by atoms with Gasteiger partial charge in [0.2, 0.25) is 5.95 Å². The SMILES string of the molecule is NCc1cc(OC(F)(F)F)c(F)nc1F. The first-order valence-corrected chi connectivity index (χ1v) is 3.64. The molecule has 3 nitrogen and oxygen atoms in total. The minimum atomic E-state index is -5.06. The molecule has 1 rings (SSSR count). The summed E-state index contributed by atoms with van der Waals surface area (Å²) in [5.74, 6) is -4.14. The standard InChI is InChI=1S/C7H5F5N2O/c8-5-3(2-13)1-4(6(9)14-5)15-7(10,11)12/h1H,2,13H2. The molecule has 8 heteroatoms. The Morgan fingerprint density at radius 3 is 2.33 bits per heavy atom. The van der Waals surface area contributed by atoms with Gasteiger partial charge in [-0.2, -0.15) is 13.8 Å². The molecule has 0 fully saturated rings. The number of nitrogens with zero attached hydrogens (tertiary/aromatic N) is 1. The van der Waals surface area contributed by atoms with E-state index in [4.69, 9.17) is 5.73 Å². The number of rotatable bonds is 2. The number of hydrogen-bond acceptors (Lipinski definition) is 3. The van der Waals surface area contributed by atoms with Crippen molar-refractivity contribution in [3.63, 3.8) is 0 Å². The van der Waals surface area contributed by atoms with Crippen molar-refractivity contribution in [2.75, 3.05) is 0 Å². The van der Waals surface area contributed by atoms with E-state index in [1.54, 1.807) is 0 Å². The van der Waals surface area contributed by atoms with E-state index in [0.29, 0.717) is 6.07 Å². The molecule has 0 saturated carbocycles. The van der Waals surface area contributed by atoms with Crippen LogP contribution in [-0.2, 0) is 6.54 Å². The van der Waals surface area contributed by atoms with E-state index >= 15 is 0 Å². The Balaban J connectivity index is 3.08. The van der Waals surface area contributed by atoms with Gasteiger partial charge in [0.25, 0.3) is 5.95 Å². The van der Waals surface area contributed by atoms with Gasteiger partial charge in [-0.25, -0.2) is 0 Å². The zero-order chi connectivity index (χ0) is 11.6. The summed E-state index contributed by atoms with van der Waals surface area (Å²) in [6, 6.07) is 0.519. The molecule has 0 amide bonds. The third-order valence-electron chi connectivity index (χ3n) is 1.42. The summed E-state index contributed by atoms with van der Waals surface area (Å²) in [5.41, 5.74) is 4.63. The summed E-state index contributed by atoms with van der Waals surface area (Å²) in [6.07, 6.45) is -5.06. The number of hydrogen-bond donors (Lipinski definition) is 1. The van der Waals surface area contributed by atoms with Crippen molar-refractivity contribution in [1.29, 1.82) is 0 Å². The molecule has 0 aliphatic rings. The van der Waals surface area contributed by atoms with Crippen molar-refractivity contribution in [2.45, 2.75) is 12.9 Å². The number of aromatic nitrogens is 1. The van der Waals surface area contributed by atoms with Crippen LogP contribution in [0.3, 0.4) is 0 Å². The van der Waals surface area contributed by atoms with E-state index in [2.05, 4.69) is 9.72 Å². The Kier molecular flexibility index (Phi) is 3.08. The molecule has 84 valence electrons. The molecule has 0 atom stereocenters. The van der Waals surface area contributed by atoms with Crippen LogP contribution < -0.4 is 10.5 Å². The van der Waals surface area contributed by atoms with Gasteiger partial charge in [-0.05, 0) is 6.07 Å².